The largest absolute Gasteiger partial charge is 0.482 e. The van der Waals surface area contributed by atoms with E-state index in [0.29, 0.717) is 29.5 Å². The first-order valence-electron chi connectivity index (χ1n) is 10.3. The van der Waals surface area contributed by atoms with E-state index in [4.69, 9.17) is 20.8 Å². The molecule has 3 aromatic rings. The van der Waals surface area contributed by atoms with Crippen LogP contribution in [0.2, 0.25) is 5.02 Å². The summed E-state index contributed by atoms with van der Waals surface area (Å²) in [5.74, 6) is 1.00. The summed E-state index contributed by atoms with van der Waals surface area (Å²) in [6, 6.07) is 8.83. The van der Waals surface area contributed by atoms with Gasteiger partial charge in [0.15, 0.2) is 17.4 Å². The van der Waals surface area contributed by atoms with Crippen molar-refractivity contribution in [2.24, 2.45) is 0 Å². The fourth-order valence-corrected chi connectivity index (χ4v) is 4.80. The number of fused-ring (bicyclic) bond motifs is 1. The second kappa shape index (κ2) is 8.93. The van der Waals surface area contributed by atoms with Gasteiger partial charge in [0.05, 0.1) is 17.6 Å². The topological polar surface area (TPSA) is 79.1 Å². The molecule has 2 aromatic heterocycles. The van der Waals surface area contributed by atoms with Gasteiger partial charge in [-0.2, -0.15) is 0 Å². The van der Waals surface area contributed by atoms with Gasteiger partial charge in [-0.15, -0.1) is 11.3 Å². The van der Waals surface area contributed by atoms with E-state index >= 15 is 0 Å². The highest BCUT2D eigenvalue weighted by Gasteiger charge is 2.30. The van der Waals surface area contributed by atoms with Gasteiger partial charge in [-0.1, -0.05) is 11.6 Å². The van der Waals surface area contributed by atoms with E-state index in [1.807, 2.05) is 17.5 Å². The number of nitrogens with zero attached hydrogens (tertiary/aromatic N) is 4. The molecule has 2 aliphatic rings. The standard InChI is InChI=1S/C22H21ClN4O4S/c23-15-3-4-18-17(10-15)27(21(29)13-31-18)12-20(28)26-7-5-25(6-8-26)11-16-14-32-22(24-16)19-2-1-9-30-19/h1-4,9-10,14H,5-8,11-13H2. The Labute approximate surface area is 193 Å². The van der Waals surface area contributed by atoms with Crippen molar-refractivity contribution < 1.29 is 18.7 Å². The maximum Gasteiger partial charge on any atom is 0.265 e. The Morgan fingerprint density at radius 3 is 2.81 bits per heavy atom. The fraction of sp³-hybridized carbons (Fsp3) is 0.318. The summed E-state index contributed by atoms with van der Waals surface area (Å²) in [4.78, 5) is 35.5. The first-order chi connectivity index (χ1) is 15.6. The molecule has 4 heterocycles. The number of furan rings is 1. The summed E-state index contributed by atoms with van der Waals surface area (Å²) in [5, 5.41) is 3.40. The van der Waals surface area contributed by atoms with Gasteiger partial charge in [0.1, 0.15) is 12.3 Å². The van der Waals surface area contributed by atoms with E-state index in [1.165, 1.54) is 4.90 Å². The Morgan fingerprint density at radius 2 is 2.03 bits per heavy atom. The monoisotopic (exact) mass is 472 g/mol. The fourth-order valence-electron chi connectivity index (χ4n) is 3.86. The molecule has 10 heteroatoms. The van der Waals surface area contributed by atoms with Crippen LogP contribution in [0.25, 0.3) is 10.8 Å². The number of aromatic nitrogens is 1. The number of halogens is 1. The molecular weight excluding hydrogens is 452 g/mol. The summed E-state index contributed by atoms with van der Waals surface area (Å²) in [7, 11) is 0. The van der Waals surface area contributed by atoms with Gasteiger partial charge >= 0.3 is 0 Å². The third-order valence-corrected chi connectivity index (χ3v) is 6.69. The molecule has 2 amide bonds. The molecule has 166 valence electrons. The first kappa shape index (κ1) is 21.0. The predicted molar refractivity (Wildman–Crippen MR) is 121 cm³/mol. The molecule has 0 aliphatic carbocycles. The predicted octanol–water partition coefficient (Wildman–Crippen LogP) is 3.13. The Hall–Kier alpha value is -2.88. The van der Waals surface area contributed by atoms with Crippen LogP contribution in [-0.2, 0) is 16.1 Å². The number of hydrogen-bond donors (Lipinski definition) is 0. The molecular formula is C22H21ClN4O4S. The number of ether oxygens (including phenoxy) is 1. The summed E-state index contributed by atoms with van der Waals surface area (Å²) in [6.07, 6.45) is 1.64. The summed E-state index contributed by atoms with van der Waals surface area (Å²) in [5.41, 5.74) is 1.53. The van der Waals surface area contributed by atoms with Gasteiger partial charge in [-0.3, -0.25) is 19.4 Å². The zero-order valence-corrected chi connectivity index (χ0v) is 18.8. The molecule has 0 unspecified atom stereocenters. The number of hydrogen-bond acceptors (Lipinski definition) is 7. The molecule has 32 heavy (non-hydrogen) atoms. The molecule has 0 saturated carbocycles. The van der Waals surface area contributed by atoms with E-state index in [1.54, 1.807) is 40.7 Å². The Bertz CT molecular complexity index is 1120. The van der Waals surface area contributed by atoms with Crippen LogP contribution in [-0.4, -0.2) is 65.9 Å². The highest BCUT2D eigenvalue weighted by Crippen LogP contribution is 2.34. The quantitative estimate of drug-likeness (QED) is 0.567. The number of thiazole rings is 1. The Balaban J connectivity index is 1.17. The zero-order valence-electron chi connectivity index (χ0n) is 17.2. The SMILES string of the molecule is O=C(CN1C(=O)COc2ccc(Cl)cc21)N1CCN(Cc2csc(-c3ccco3)n2)CC1. The number of piperazine rings is 1. The molecule has 0 atom stereocenters. The molecule has 8 nitrogen and oxygen atoms in total. The first-order valence-corrected chi connectivity index (χ1v) is 11.5. The molecule has 5 rings (SSSR count). The second-order valence-corrected chi connectivity index (χ2v) is 8.95. The van der Waals surface area contributed by atoms with Crippen molar-refractivity contribution in [1.29, 1.82) is 0 Å². The van der Waals surface area contributed by atoms with Crippen molar-refractivity contribution in [1.82, 2.24) is 14.8 Å². The van der Waals surface area contributed by atoms with Crippen molar-refractivity contribution in [3.8, 4) is 16.5 Å². The third-order valence-electron chi connectivity index (χ3n) is 5.55. The van der Waals surface area contributed by atoms with Gasteiger partial charge < -0.3 is 14.1 Å². The van der Waals surface area contributed by atoms with E-state index in [9.17, 15) is 9.59 Å². The highest BCUT2D eigenvalue weighted by atomic mass is 35.5. The molecule has 0 bridgehead atoms. The number of anilines is 1. The lowest BCUT2D eigenvalue weighted by atomic mass is 10.2. The number of rotatable bonds is 5. The van der Waals surface area contributed by atoms with Gasteiger partial charge in [-0.25, -0.2) is 4.98 Å². The van der Waals surface area contributed by atoms with Crippen molar-refractivity contribution in [2.75, 3.05) is 44.2 Å². The zero-order chi connectivity index (χ0) is 22.1. The smallest absolute Gasteiger partial charge is 0.265 e. The lowest BCUT2D eigenvalue weighted by Crippen LogP contribution is -2.52. The molecule has 0 N–H and O–H groups in total. The van der Waals surface area contributed by atoms with Crippen molar-refractivity contribution in [3.63, 3.8) is 0 Å². The third kappa shape index (κ3) is 4.36. The molecule has 0 radical (unpaired) electrons. The lowest BCUT2D eigenvalue weighted by Gasteiger charge is -2.36. The molecule has 1 fully saturated rings. The van der Waals surface area contributed by atoms with Crippen molar-refractivity contribution in [2.45, 2.75) is 6.54 Å². The summed E-state index contributed by atoms with van der Waals surface area (Å²) < 4.78 is 10.9. The van der Waals surface area contributed by atoms with Crippen LogP contribution in [0.5, 0.6) is 5.75 Å². The van der Waals surface area contributed by atoms with Crippen LogP contribution < -0.4 is 9.64 Å². The highest BCUT2D eigenvalue weighted by molar-refractivity contribution is 7.13. The average molecular weight is 473 g/mol. The minimum Gasteiger partial charge on any atom is -0.482 e. The maximum atomic E-state index is 12.9. The number of amides is 2. The normalized spacial score (nSPS) is 16.7. The van der Waals surface area contributed by atoms with E-state index < -0.39 is 0 Å². The number of carbonyl (C=O) groups excluding carboxylic acids is 2. The summed E-state index contributed by atoms with van der Waals surface area (Å²) in [6.45, 7) is 3.34. The van der Waals surface area contributed by atoms with E-state index in [2.05, 4.69) is 9.88 Å². The van der Waals surface area contributed by atoms with Gasteiger partial charge in [0.2, 0.25) is 5.91 Å². The van der Waals surface area contributed by atoms with Crippen LogP contribution in [0.15, 0.2) is 46.4 Å². The summed E-state index contributed by atoms with van der Waals surface area (Å²) >= 11 is 7.65. The molecule has 1 aromatic carbocycles. The van der Waals surface area contributed by atoms with Crippen LogP contribution in [0.4, 0.5) is 5.69 Å². The average Bonchev–Trinajstić information content (AvgIpc) is 3.48. The minimum absolute atomic E-state index is 0.0197. The number of carbonyl (C=O) groups is 2. The van der Waals surface area contributed by atoms with E-state index in [-0.39, 0.29) is 25.0 Å². The Morgan fingerprint density at radius 1 is 1.19 bits per heavy atom. The van der Waals surface area contributed by atoms with Crippen LogP contribution in [0.1, 0.15) is 5.69 Å². The molecule has 0 spiro atoms. The Kier molecular flexibility index (Phi) is 5.86. The van der Waals surface area contributed by atoms with Crippen LogP contribution in [0.3, 0.4) is 0 Å². The van der Waals surface area contributed by atoms with Crippen molar-refractivity contribution in [3.05, 3.63) is 52.7 Å². The van der Waals surface area contributed by atoms with Gasteiger partial charge in [0.25, 0.3) is 5.91 Å². The van der Waals surface area contributed by atoms with Crippen LogP contribution in [0, 0.1) is 0 Å². The van der Waals surface area contributed by atoms with Crippen LogP contribution >= 0.6 is 22.9 Å². The van der Waals surface area contributed by atoms with Crippen molar-refractivity contribution >= 4 is 40.4 Å². The van der Waals surface area contributed by atoms with Gasteiger partial charge in [-0.05, 0) is 30.3 Å². The molecule has 1 saturated heterocycles. The van der Waals surface area contributed by atoms with E-state index in [0.717, 1.165) is 36.1 Å². The molecule has 2 aliphatic heterocycles. The van der Waals surface area contributed by atoms with Gasteiger partial charge in [0, 0.05) is 43.1 Å². The lowest BCUT2D eigenvalue weighted by molar-refractivity contribution is -0.133. The minimum atomic E-state index is -0.248. The maximum absolute atomic E-state index is 12.9. The second-order valence-electron chi connectivity index (χ2n) is 7.66. The number of benzene rings is 1.